The second-order valence-corrected chi connectivity index (χ2v) is 8.25. The van der Waals surface area contributed by atoms with Gasteiger partial charge >= 0.3 is 11.3 Å². The quantitative estimate of drug-likeness (QED) is 0.0708. The van der Waals surface area contributed by atoms with Gasteiger partial charge in [-0.15, -0.1) is 12.4 Å². The summed E-state index contributed by atoms with van der Waals surface area (Å²) in [6.45, 7) is 12.9. The highest BCUT2D eigenvalue weighted by atomic mass is 35.5. The van der Waals surface area contributed by atoms with Crippen molar-refractivity contribution in [3.63, 3.8) is 0 Å². The van der Waals surface area contributed by atoms with Gasteiger partial charge in [-0.25, -0.2) is 8.42 Å². The van der Waals surface area contributed by atoms with Gasteiger partial charge in [-0.2, -0.15) is 0 Å². The van der Waals surface area contributed by atoms with Crippen LogP contribution in [0.25, 0.3) is 0 Å². The lowest BCUT2D eigenvalue weighted by molar-refractivity contribution is -0.635. The van der Waals surface area contributed by atoms with Gasteiger partial charge in [0.15, 0.2) is 0 Å². The number of hydrogen-bond acceptors (Lipinski definition) is 9. The molecule has 0 saturated carbocycles. The van der Waals surface area contributed by atoms with Crippen molar-refractivity contribution in [1.29, 1.82) is 0 Å². The minimum absolute atomic E-state index is 0. The molecule has 0 amide bonds. The summed E-state index contributed by atoms with van der Waals surface area (Å²) >= 11 is -0.0370. The lowest BCUT2D eigenvalue weighted by Gasteiger charge is -2.22. The van der Waals surface area contributed by atoms with Crippen LogP contribution in [0, 0.1) is 0 Å². The number of amidine groups is 1. The number of rotatable bonds is 6. The molecule has 14 nitrogen and oxygen atoms in total. The van der Waals surface area contributed by atoms with Crippen LogP contribution >= 0.6 is 24.0 Å². The first-order valence-electron chi connectivity index (χ1n) is 10.4. The average molecular weight is 626 g/mol. The summed E-state index contributed by atoms with van der Waals surface area (Å²) in [6.07, 6.45) is 0. The first-order chi connectivity index (χ1) is 16.0. The van der Waals surface area contributed by atoms with Crippen LogP contribution in [0.5, 0.6) is 0 Å². The summed E-state index contributed by atoms with van der Waals surface area (Å²) in [5.41, 5.74) is 0. The van der Waals surface area contributed by atoms with Crippen LogP contribution in [-0.4, -0.2) is 135 Å². The van der Waals surface area contributed by atoms with Gasteiger partial charge in [0.25, 0.3) is 0 Å². The topological polar surface area (TPSA) is 173 Å². The molecule has 0 aliphatic rings. The summed E-state index contributed by atoms with van der Waals surface area (Å²) < 4.78 is 44.2. The molecule has 1 N–H and O–H groups in total. The van der Waals surface area contributed by atoms with Crippen molar-refractivity contribution in [1.82, 2.24) is 20.0 Å². The Labute approximate surface area is 241 Å². The fraction of sp³-hybridized carbons (Fsp3) is 0.895. The minimum Gasteiger partial charge on any atom is -0.750 e. The fourth-order valence-corrected chi connectivity index (χ4v) is 2.12. The maximum atomic E-state index is 8.83. The SMILES string of the molecule is C.CCN(CC)C(N(C)C)=[N+](C)C.CCNCC.CN(C)C(Cl)=[N+](C)C.Cl.O=S([O-])O[O-].O=S([O-])O[O-]. The van der Waals surface area contributed by atoms with Crippen molar-refractivity contribution in [3.05, 3.63) is 0 Å². The summed E-state index contributed by atoms with van der Waals surface area (Å²) in [5.74, 6) is 1.26. The van der Waals surface area contributed by atoms with E-state index in [1.165, 1.54) is 5.96 Å². The van der Waals surface area contributed by atoms with Crippen LogP contribution in [0.15, 0.2) is 0 Å². The summed E-state index contributed by atoms with van der Waals surface area (Å²) in [5, 5.41) is 20.9. The van der Waals surface area contributed by atoms with Crippen LogP contribution in [-0.2, 0) is 31.4 Å². The van der Waals surface area contributed by atoms with E-state index in [0.29, 0.717) is 0 Å². The van der Waals surface area contributed by atoms with Gasteiger partial charge in [0.05, 0.1) is 92.2 Å². The zero-order valence-electron chi connectivity index (χ0n) is 23.4. The predicted octanol–water partition coefficient (Wildman–Crippen LogP) is -1.25. The van der Waals surface area contributed by atoms with Crippen LogP contribution in [0.1, 0.15) is 35.1 Å². The maximum absolute atomic E-state index is 8.83. The molecule has 37 heavy (non-hydrogen) atoms. The number of guanidine groups is 1. The van der Waals surface area contributed by atoms with Gasteiger partial charge in [0.2, 0.25) is 0 Å². The highest BCUT2D eigenvalue weighted by molar-refractivity contribution is 7.74. The Morgan fingerprint density at radius 2 is 1.11 bits per heavy atom. The molecular weight excluding hydrogens is 575 g/mol. The van der Waals surface area contributed by atoms with Gasteiger partial charge in [-0.05, 0) is 26.9 Å². The molecule has 0 aliphatic carbocycles. The van der Waals surface area contributed by atoms with Gasteiger partial charge in [-0.3, -0.25) is 23.9 Å². The Morgan fingerprint density at radius 3 is 1.14 bits per heavy atom. The fourth-order valence-electron chi connectivity index (χ4n) is 2.12. The van der Waals surface area contributed by atoms with E-state index in [2.05, 4.69) is 84.2 Å². The van der Waals surface area contributed by atoms with E-state index < -0.39 is 22.7 Å². The zero-order valence-corrected chi connectivity index (χ0v) is 26.6. The second-order valence-electron chi connectivity index (χ2n) is 6.82. The van der Waals surface area contributed by atoms with Crippen LogP contribution in [0.3, 0.4) is 0 Å². The Bertz CT molecular complexity index is 577. The zero-order chi connectivity index (χ0) is 29.1. The molecule has 0 spiro atoms. The Balaban J connectivity index is -0.0000000634. The third kappa shape index (κ3) is 45.6. The van der Waals surface area contributed by atoms with Crippen molar-refractivity contribution < 1.29 is 45.9 Å². The summed E-state index contributed by atoms with van der Waals surface area (Å²) in [6, 6.07) is 0. The second kappa shape index (κ2) is 37.5. The minimum atomic E-state index is -2.88. The van der Waals surface area contributed by atoms with E-state index in [-0.39, 0.29) is 19.8 Å². The van der Waals surface area contributed by atoms with Crippen molar-refractivity contribution in [2.24, 2.45) is 0 Å². The van der Waals surface area contributed by atoms with Crippen molar-refractivity contribution in [2.75, 3.05) is 82.6 Å². The van der Waals surface area contributed by atoms with E-state index in [4.69, 9.17) is 39.6 Å². The van der Waals surface area contributed by atoms with E-state index in [1.54, 1.807) is 0 Å². The third-order valence-corrected chi connectivity index (χ3v) is 4.09. The summed E-state index contributed by atoms with van der Waals surface area (Å²) in [7, 11) is 15.9. The first-order valence-corrected chi connectivity index (χ1v) is 12.8. The molecular formula is C19H50Cl2N6O8S2-2. The van der Waals surface area contributed by atoms with Crippen LogP contribution < -0.4 is 15.8 Å². The molecule has 0 aromatic rings. The van der Waals surface area contributed by atoms with E-state index in [0.717, 1.165) is 31.5 Å². The van der Waals surface area contributed by atoms with Crippen molar-refractivity contribution in [2.45, 2.75) is 35.1 Å². The molecule has 0 saturated heterocycles. The number of hydrogen-bond donors (Lipinski definition) is 1. The summed E-state index contributed by atoms with van der Waals surface area (Å²) in [4.78, 5) is 6.33. The van der Waals surface area contributed by atoms with Gasteiger partial charge < -0.3 is 33.6 Å². The largest absolute Gasteiger partial charge is 0.750 e. The predicted molar refractivity (Wildman–Crippen MR) is 149 cm³/mol. The number of nitrogens with zero attached hydrogens (tertiary/aromatic N) is 5. The molecule has 0 aliphatic heterocycles. The lowest BCUT2D eigenvalue weighted by Crippen LogP contribution is -2.45. The molecule has 0 rings (SSSR count). The Kier molecular flexibility index (Phi) is 53.4. The van der Waals surface area contributed by atoms with Crippen LogP contribution in [0.2, 0.25) is 0 Å². The van der Waals surface area contributed by atoms with Gasteiger partial charge in [0.1, 0.15) is 0 Å². The molecule has 2 atom stereocenters. The third-order valence-electron chi connectivity index (χ3n) is 3.20. The molecule has 0 heterocycles. The highest BCUT2D eigenvalue weighted by Gasteiger charge is 2.18. The molecule has 0 bridgehead atoms. The van der Waals surface area contributed by atoms with Crippen LogP contribution in [0.4, 0.5) is 0 Å². The molecule has 0 fully saturated rings. The number of nitrogens with one attached hydrogen (secondary N) is 1. The van der Waals surface area contributed by atoms with Crippen molar-refractivity contribution in [3.8, 4) is 0 Å². The highest BCUT2D eigenvalue weighted by Crippen LogP contribution is 1.93. The average Bonchev–Trinajstić information content (AvgIpc) is 2.78. The Hall–Kier alpha value is -0.660. The first kappa shape index (κ1) is 52.7. The van der Waals surface area contributed by atoms with E-state index in [9.17, 15) is 0 Å². The monoisotopic (exact) mass is 624 g/mol. The van der Waals surface area contributed by atoms with E-state index in [1.807, 2.05) is 37.7 Å². The van der Waals surface area contributed by atoms with Crippen molar-refractivity contribution >= 4 is 58.0 Å². The normalized spacial score (nSPS) is 10.1. The standard InChI is InChI=1S/C9H22N3.C5H12ClN2.C4H11N.CH4.ClH.2H2O4S/c1-7-12(8-2)9(10(3)4)11(5)6;1-7(2)5(6)8(3)4;1-3-5-4-2;;;2*1-4-5(2)3/h7-8H2,1-6H3;1-4H3;5H,3-4H2,1-2H3;1H4;1H;2*1H,(H,2,3)/q2*+1;;;;;/p-4. The number of halogens is 2. The Morgan fingerprint density at radius 1 is 0.811 bits per heavy atom. The smallest absolute Gasteiger partial charge is 0.349 e. The molecule has 232 valence electrons. The lowest BCUT2D eigenvalue weighted by atomic mass is 10.5. The maximum Gasteiger partial charge on any atom is 0.349 e. The van der Waals surface area contributed by atoms with Gasteiger partial charge in [0, 0.05) is 11.6 Å². The molecule has 2 unspecified atom stereocenters. The van der Waals surface area contributed by atoms with E-state index >= 15 is 0 Å². The molecule has 0 aromatic heterocycles. The van der Waals surface area contributed by atoms with Gasteiger partial charge in [-0.1, -0.05) is 21.3 Å². The molecule has 18 heteroatoms. The molecule has 0 aromatic carbocycles. The molecule has 0 radical (unpaired) electrons.